The molecule has 2 aliphatic rings. The van der Waals surface area contributed by atoms with Crippen molar-refractivity contribution in [3.63, 3.8) is 0 Å². The van der Waals surface area contributed by atoms with Gasteiger partial charge in [0.05, 0.1) is 26.9 Å². The maximum atomic E-state index is 10.7. The first-order chi connectivity index (χ1) is 16.1. The molecule has 8 atom stereocenters. The van der Waals surface area contributed by atoms with Crippen LogP contribution in [0.2, 0.25) is 0 Å². The first-order valence-electron chi connectivity index (χ1n) is 10.3. The van der Waals surface area contributed by atoms with E-state index in [2.05, 4.69) is 0 Å². The van der Waals surface area contributed by atoms with Crippen molar-refractivity contribution < 1.29 is 64.2 Å². The van der Waals surface area contributed by atoms with Crippen molar-refractivity contribution in [1.82, 2.24) is 0 Å². The van der Waals surface area contributed by atoms with Crippen molar-refractivity contribution in [2.75, 3.05) is 26.9 Å². The van der Waals surface area contributed by atoms with Crippen LogP contribution in [0.3, 0.4) is 0 Å². The fourth-order valence-electron chi connectivity index (χ4n) is 3.54. The van der Waals surface area contributed by atoms with Crippen LogP contribution in [0.5, 0.6) is 11.5 Å². The lowest BCUT2D eigenvalue weighted by molar-refractivity contribution is -0.319. The summed E-state index contributed by atoms with van der Waals surface area (Å²) in [5.41, 5.74) is -1.51. The molecular formula is C21H28O13. The fourth-order valence-corrected chi connectivity index (χ4v) is 3.54. The predicted octanol–water partition coefficient (Wildman–Crippen LogP) is -2.56. The number of rotatable bonds is 9. The number of methoxy groups -OCH3 is 1. The molecular weight excluding hydrogens is 460 g/mol. The van der Waals surface area contributed by atoms with Crippen molar-refractivity contribution in [2.24, 2.45) is 0 Å². The zero-order valence-electron chi connectivity index (χ0n) is 18.1. The Morgan fingerprint density at radius 2 is 1.91 bits per heavy atom. The second kappa shape index (κ2) is 10.9. The first-order valence-corrected chi connectivity index (χ1v) is 10.3. The fraction of sp³-hybridized carbons (Fsp3) is 0.571. The highest BCUT2D eigenvalue weighted by Crippen LogP contribution is 2.35. The summed E-state index contributed by atoms with van der Waals surface area (Å²) in [5.74, 6) is -0.877. The summed E-state index contributed by atoms with van der Waals surface area (Å²) in [7, 11) is 1.34. The van der Waals surface area contributed by atoms with Crippen molar-refractivity contribution in [1.29, 1.82) is 0 Å². The first kappa shape index (κ1) is 26.3. The van der Waals surface area contributed by atoms with Gasteiger partial charge in [0.25, 0.3) is 0 Å². The van der Waals surface area contributed by atoms with Gasteiger partial charge in [0.2, 0.25) is 6.29 Å². The summed E-state index contributed by atoms with van der Waals surface area (Å²) >= 11 is 0. The Morgan fingerprint density at radius 3 is 2.50 bits per heavy atom. The lowest BCUT2D eigenvalue weighted by atomic mass is 9.98. The van der Waals surface area contributed by atoms with Gasteiger partial charge in [0.1, 0.15) is 30.0 Å². The van der Waals surface area contributed by atoms with Gasteiger partial charge in [-0.1, -0.05) is 6.07 Å². The number of benzene rings is 1. The molecule has 0 amide bonds. The smallest absolute Gasteiger partial charge is 0.328 e. The van der Waals surface area contributed by atoms with Gasteiger partial charge >= 0.3 is 5.97 Å². The summed E-state index contributed by atoms with van der Waals surface area (Å²) < 4.78 is 27.4. The molecule has 0 bridgehead atoms. The maximum absolute atomic E-state index is 10.7. The monoisotopic (exact) mass is 488 g/mol. The number of carbonyl (C=O) groups is 1. The van der Waals surface area contributed by atoms with E-state index in [1.807, 2.05) is 0 Å². The molecule has 13 nitrogen and oxygen atoms in total. The van der Waals surface area contributed by atoms with E-state index in [1.165, 1.54) is 31.4 Å². The minimum absolute atomic E-state index is 0.0913. The van der Waals surface area contributed by atoms with Gasteiger partial charge in [-0.05, 0) is 23.8 Å². The van der Waals surface area contributed by atoms with Crippen LogP contribution in [0.4, 0.5) is 0 Å². The third kappa shape index (κ3) is 5.49. The average Bonchev–Trinajstić information content (AvgIpc) is 3.11. The van der Waals surface area contributed by atoms with Crippen LogP contribution in [-0.4, -0.2) is 117 Å². The lowest BCUT2D eigenvalue weighted by Crippen LogP contribution is -2.62. The third-order valence-electron chi connectivity index (χ3n) is 5.54. The van der Waals surface area contributed by atoms with Crippen LogP contribution in [-0.2, 0) is 19.0 Å². The molecule has 2 saturated heterocycles. The molecule has 0 unspecified atom stereocenters. The van der Waals surface area contributed by atoms with E-state index in [0.29, 0.717) is 5.56 Å². The van der Waals surface area contributed by atoms with Gasteiger partial charge in [0.15, 0.2) is 23.9 Å². The molecule has 0 saturated carbocycles. The number of hydrogen-bond donors (Lipinski definition) is 7. The molecule has 0 radical (unpaired) electrons. The maximum Gasteiger partial charge on any atom is 0.328 e. The quantitative estimate of drug-likeness (QED) is 0.179. The number of aliphatic hydroxyl groups excluding tert-OH is 5. The predicted molar refractivity (Wildman–Crippen MR) is 111 cm³/mol. The Morgan fingerprint density at radius 1 is 1.18 bits per heavy atom. The number of aliphatic hydroxyl groups is 6. The number of carboxylic acid groups (broad SMARTS) is 1. The van der Waals surface area contributed by atoms with E-state index >= 15 is 0 Å². The lowest BCUT2D eigenvalue weighted by Gasteiger charge is -2.42. The number of aliphatic carboxylic acids is 1. The van der Waals surface area contributed by atoms with E-state index in [9.17, 15) is 35.4 Å². The average molecular weight is 488 g/mol. The van der Waals surface area contributed by atoms with Crippen LogP contribution in [0.25, 0.3) is 6.08 Å². The second-order valence-electron chi connectivity index (χ2n) is 7.89. The molecule has 3 rings (SSSR count). The molecule has 2 fully saturated rings. The van der Waals surface area contributed by atoms with Gasteiger partial charge in [-0.2, -0.15) is 0 Å². The van der Waals surface area contributed by atoms with Gasteiger partial charge in [-0.15, -0.1) is 0 Å². The highest BCUT2D eigenvalue weighted by molar-refractivity contribution is 5.85. The van der Waals surface area contributed by atoms with Crippen LogP contribution in [0.1, 0.15) is 5.56 Å². The van der Waals surface area contributed by atoms with Gasteiger partial charge in [-0.25, -0.2) is 4.79 Å². The van der Waals surface area contributed by atoms with Crippen molar-refractivity contribution >= 4 is 12.0 Å². The zero-order valence-corrected chi connectivity index (χ0v) is 18.1. The van der Waals surface area contributed by atoms with Crippen molar-refractivity contribution in [2.45, 2.75) is 48.7 Å². The van der Waals surface area contributed by atoms with Crippen molar-refractivity contribution in [3.05, 3.63) is 29.8 Å². The van der Waals surface area contributed by atoms with Gasteiger partial charge in [0, 0.05) is 6.08 Å². The molecule has 1 aromatic carbocycles. The third-order valence-corrected chi connectivity index (χ3v) is 5.54. The highest BCUT2D eigenvalue weighted by atomic mass is 16.8. The Labute approximate surface area is 193 Å². The van der Waals surface area contributed by atoms with Gasteiger partial charge < -0.3 is 59.4 Å². The Hall–Kier alpha value is -2.33. The molecule has 0 aliphatic carbocycles. The molecule has 0 spiro atoms. The largest absolute Gasteiger partial charge is 0.493 e. The summed E-state index contributed by atoms with van der Waals surface area (Å²) in [6.45, 7) is -1.92. The summed E-state index contributed by atoms with van der Waals surface area (Å²) in [6.07, 6.45) is -8.35. The molecule has 0 aromatic heterocycles. The van der Waals surface area contributed by atoms with Crippen LogP contribution >= 0.6 is 0 Å². The van der Waals surface area contributed by atoms with E-state index in [-0.39, 0.29) is 11.5 Å². The highest BCUT2D eigenvalue weighted by Gasteiger charge is 2.53. The van der Waals surface area contributed by atoms with Crippen molar-refractivity contribution in [3.8, 4) is 11.5 Å². The van der Waals surface area contributed by atoms with E-state index in [1.54, 1.807) is 0 Å². The molecule has 190 valence electrons. The summed E-state index contributed by atoms with van der Waals surface area (Å²) in [4.78, 5) is 10.7. The van der Waals surface area contributed by atoms with E-state index < -0.39 is 74.5 Å². The van der Waals surface area contributed by atoms with Crippen LogP contribution in [0.15, 0.2) is 24.3 Å². The van der Waals surface area contributed by atoms with E-state index in [4.69, 9.17) is 28.8 Å². The van der Waals surface area contributed by atoms with Crippen LogP contribution in [0, 0.1) is 0 Å². The standard InChI is InChI=1S/C21H28O13/c1-30-12-6-10(3-5-14(24)25)2-4-11(12)32-19-17(16(27)15(26)13(7-22)33-19)34-20-18(28)21(29,8-23)9-31-20/h2-6,13,15-20,22-23,26-29H,7-9H2,1H3,(H,24,25)/b5-3+/t13-,15-,16+,17-,18+,19-,20+,21-/m1/s1. The molecule has 1 aromatic rings. The Kier molecular flexibility index (Phi) is 8.46. The van der Waals surface area contributed by atoms with E-state index in [0.717, 1.165) is 6.08 Å². The van der Waals surface area contributed by atoms with Crippen LogP contribution < -0.4 is 9.47 Å². The number of ether oxygens (including phenoxy) is 5. The minimum atomic E-state index is -1.99. The summed E-state index contributed by atoms with van der Waals surface area (Å²) in [6, 6.07) is 4.45. The Balaban J connectivity index is 1.85. The normalized spacial score (nSPS) is 36.0. The minimum Gasteiger partial charge on any atom is -0.493 e. The molecule has 7 N–H and O–H groups in total. The zero-order chi connectivity index (χ0) is 25.0. The second-order valence-corrected chi connectivity index (χ2v) is 7.89. The molecule has 2 heterocycles. The number of hydrogen-bond acceptors (Lipinski definition) is 12. The SMILES string of the molecule is COc1cc(/C=C/C(=O)O)ccc1O[C@@H]1O[C@H](CO)[C@@H](O)[C@H](O)[C@H]1O[C@@H]1OC[C@](O)(CO)[C@H]1O. The molecule has 34 heavy (non-hydrogen) atoms. The molecule has 13 heteroatoms. The molecule has 2 aliphatic heterocycles. The van der Waals surface area contributed by atoms with Gasteiger partial charge in [-0.3, -0.25) is 0 Å². The Bertz CT molecular complexity index is 876. The number of carboxylic acids is 1. The summed E-state index contributed by atoms with van der Waals surface area (Å²) in [5, 5.41) is 69.0. The topological polar surface area (TPSA) is 205 Å².